The first-order valence-corrected chi connectivity index (χ1v) is 9.29. The molecule has 0 radical (unpaired) electrons. The van der Waals surface area contributed by atoms with E-state index in [9.17, 15) is 4.79 Å². The van der Waals surface area contributed by atoms with Gasteiger partial charge in [-0.1, -0.05) is 39.0 Å². The van der Waals surface area contributed by atoms with Crippen molar-refractivity contribution in [1.29, 1.82) is 5.26 Å². The summed E-state index contributed by atoms with van der Waals surface area (Å²) in [5.74, 6) is -0.0128. The Morgan fingerprint density at radius 3 is 2.38 bits per heavy atom. The minimum absolute atomic E-state index is 0.0759. The number of aryl methyl sites for hydroxylation is 1. The number of nitrogens with zero attached hydrogens (tertiary/aromatic N) is 3. The van der Waals surface area contributed by atoms with Crippen LogP contribution in [0.15, 0.2) is 54.6 Å². The number of benzene rings is 2. The third kappa shape index (κ3) is 5.17. The monoisotopic (exact) mass is 385 g/mol. The first-order chi connectivity index (χ1) is 13.7. The highest BCUT2D eigenvalue weighted by molar-refractivity contribution is 6.03. The van der Waals surface area contributed by atoms with Crippen molar-refractivity contribution in [3.63, 3.8) is 0 Å². The van der Waals surface area contributed by atoms with Gasteiger partial charge in [-0.3, -0.25) is 4.79 Å². The van der Waals surface area contributed by atoms with Gasteiger partial charge in [0.2, 0.25) is 5.95 Å². The Morgan fingerprint density at radius 1 is 1.00 bits per heavy atom. The maximum absolute atomic E-state index is 12.6. The minimum atomic E-state index is -0.364. The normalized spacial score (nSPS) is 10.9. The van der Waals surface area contributed by atoms with Gasteiger partial charge in [-0.2, -0.15) is 5.26 Å². The summed E-state index contributed by atoms with van der Waals surface area (Å²) >= 11 is 0. The largest absolute Gasteiger partial charge is 0.324 e. The summed E-state index contributed by atoms with van der Waals surface area (Å²) in [5, 5.41) is 14.9. The van der Waals surface area contributed by atoms with E-state index in [1.165, 1.54) is 5.56 Å². The molecule has 0 spiro atoms. The van der Waals surface area contributed by atoms with E-state index < -0.39 is 0 Å². The fourth-order valence-electron chi connectivity index (χ4n) is 2.79. The van der Waals surface area contributed by atoms with Crippen LogP contribution in [-0.4, -0.2) is 15.9 Å². The third-order valence-corrected chi connectivity index (χ3v) is 4.34. The Hall–Kier alpha value is -3.72. The zero-order valence-electron chi connectivity index (χ0n) is 16.9. The van der Waals surface area contributed by atoms with Gasteiger partial charge >= 0.3 is 0 Å². The highest BCUT2D eigenvalue weighted by atomic mass is 16.1. The van der Waals surface area contributed by atoms with E-state index in [0.29, 0.717) is 22.9 Å². The molecule has 0 aliphatic carbocycles. The Balaban J connectivity index is 1.78. The standard InChI is InChI=1S/C23H23N5O/c1-15-12-20(21(29)26-19-7-5-6-16(13-19)14-24)28-22(25-15)27-18-10-8-17(9-11-18)23(2,3)4/h5-13H,1-4H3,(H,26,29)(H,25,27,28). The minimum Gasteiger partial charge on any atom is -0.324 e. The summed E-state index contributed by atoms with van der Waals surface area (Å²) in [4.78, 5) is 21.3. The van der Waals surface area contributed by atoms with Crippen LogP contribution in [0.4, 0.5) is 17.3 Å². The molecule has 1 heterocycles. The molecule has 0 bridgehead atoms. The maximum Gasteiger partial charge on any atom is 0.274 e. The zero-order valence-corrected chi connectivity index (χ0v) is 16.9. The van der Waals surface area contributed by atoms with Crippen molar-refractivity contribution >= 4 is 23.2 Å². The summed E-state index contributed by atoms with van der Waals surface area (Å²) < 4.78 is 0. The average Bonchev–Trinajstić information content (AvgIpc) is 2.67. The van der Waals surface area contributed by atoms with Crippen LogP contribution in [0.1, 0.15) is 48.1 Å². The molecule has 2 aromatic carbocycles. The van der Waals surface area contributed by atoms with Crippen molar-refractivity contribution in [2.75, 3.05) is 10.6 Å². The van der Waals surface area contributed by atoms with Gasteiger partial charge in [-0.25, -0.2) is 9.97 Å². The predicted molar refractivity (Wildman–Crippen MR) is 114 cm³/mol. The fraction of sp³-hybridized carbons (Fsp3) is 0.217. The number of amides is 1. The van der Waals surface area contributed by atoms with Gasteiger partial charge < -0.3 is 10.6 Å². The molecule has 0 saturated heterocycles. The number of aromatic nitrogens is 2. The van der Waals surface area contributed by atoms with Gasteiger partial charge in [0.15, 0.2) is 0 Å². The summed E-state index contributed by atoms with van der Waals surface area (Å²) in [5.41, 5.74) is 4.08. The van der Waals surface area contributed by atoms with E-state index in [4.69, 9.17) is 5.26 Å². The first kappa shape index (κ1) is 20.0. The second kappa shape index (κ2) is 8.11. The molecule has 1 aromatic heterocycles. The fourth-order valence-corrected chi connectivity index (χ4v) is 2.79. The van der Waals surface area contributed by atoms with Crippen LogP contribution in [0.2, 0.25) is 0 Å². The summed E-state index contributed by atoms with van der Waals surface area (Å²) in [6, 6.07) is 18.5. The van der Waals surface area contributed by atoms with Crippen LogP contribution in [0, 0.1) is 18.3 Å². The predicted octanol–water partition coefficient (Wildman–Crippen LogP) is 4.95. The van der Waals surface area contributed by atoms with Gasteiger partial charge in [0.1, 0.15) is 5.69 Å². The van der Waals surface area contributed by atoms with Crippen LogP contribution >= 0.6 is 0 Å². The molecular weight excluding hydrogens is 362 g/mol. The number of nitrogens with one attached hydrogen (secondary N) is 2. The Morgan fingerprint density at radius 2 is 1.72 bits per heavy atom. The van der Waals surface area contributed by atoms with Crippen molar-refractivity contribution < 1.29 is 4.79 Å². The Labute approximate surface area is 170 Å². The number of rotatable bonds is 4. The molecule has 0 aliphatic heterocycles. The van der Waals surface area contributed by atoms with Crippen molar-refractivity contribution in [1.82, 2.24) is 9.97 Å². The molecule has 0 fully saturated rings. The number of anilines is 3. The molecule has 0 atom stereocenters. The van der Waals surface area contributed by atoms with Crippen LogP contribution in [-0.2, 0) is 5.41 Å². The molecule has 2 N–H and O–H groups in total. The summed E-state index contributed by atoms with van der Waals surface area (Å²) in [7, 11) is 0. The second-order valence-electron chi connectivity index (χ2n) is 7.82. The van der Waals surface area contributed by atoms with Gasteiger partial charge in [0, 0.05) is 17.1 Å². The lowest BCUT2D eigenvalue weighted by Gasteiger charge is -2.19. The molecule has 3 aromatic rings. The van der Waals surface area contributed by atoms with Crippen LogP contribution in [0.3, 0.4) is 0 Å². The SMILES string of the molecule is Cc1cc(C(=O)Nc2cccc(C#N)c2)nc(Nc2ccc(C(C)(C)C)cc2)n1. The van der Waals surface area contributed by atoms with Crippen molar-refractivity contribution in [2.45, 2.75) is 33.1 Å². The van der Waals surface area contributed by atoms with Gasteiger partial charge in [-0.15, -0.1) is 0 Å². The lowest BCUT2D eigenvalue weighted by Crippen LogP contribution is -2.15. The number of carbonyl (C=O) groups is 1. The van der Waals surface area contributed by atoms with E-state index in [-0.39, 0.29) is 17.0 Å². The maximum atomic E-state index is 12.6. The molecular formula is C23H23N5O. The van der Waals surface area contributed by atoms with Gasteiger partial charge in [0.05, 0.1) is 11.6 Å². The van der Waals surface area contributed by atoms with E-state index in [1.807, 2.05) is 19.1 Å². The Kier molecular flexibility index (Phi) is 5.60. The molecule has 0 saturated carbocycles. The van der Waals surface area contributed by atoms with E-state index in [2.05, 4.69) is 59.6 Å². The van der Waals surface area contributed by atoms with Crippen LogP contribution in [0.5, 0.6) is 0 Å². The van der Waals surface area contributed by atoms with Crippen LogP contribution in [0.25, 0.3) is 0 Å². The molecule has 0 aliphatic rings. The number of hydrogen-bond donors (Lipinski definition) is 2. The van der Waals surface area contributed by atoms with Crippen LogP contribution < -0.4 is 10.6 Å². The van der Waals surface area contributed by atoms with Crippen molar-refractivity contribution in [2.24, 2.45) is 0 Å². The number of hydrogen-bond acceptors (Lipinski definition) is 5. The quantitative estimate of drug-likeness (QED) is 0.663. The van der Waals surface area contributed by atoms with Crippen molar-refractivity contribution in [3.8, 4) is 6.07 Å². The highest BCUT2D eigenvalue weighted by Gasteiger charge is 2.14. The van der Waals surface area contributed by atoms with Crippen molar-refractivity contribution in [3.05, 3.63) is 77.1 Å². The molecule has 0 unspecified atom stereocenters. The van der Waals surface area contributed by atoms with E-state index >= 15 is 0 Å². The molecule has 146 valence electrons. The molecule has 6 nitrogen and oxygen atoms in total. The molecule has 3 rings (SSSR count). The summed E-state index contributed by atoms with van der Waals surface area (Å²) in [6.45, 7) is 8.30. The number of carbonyl (C=O) groups excluding carboxylic acids is 1. The number of nitriles is 1. The topological polar surface area (TPSA) is 90.7 Å². The smallest absolute Gasteiger partial charge is 0.274 e. The zero-order chi connectivity index (χ0) is 21.0. The van der Waals surface area contributed by atoms with Gasteiger partial charge in [0.25, 0.3) is 5.91 Å². The van der Waals surface area contributed by atoms with E-state index in [1.54, 1.807) is 30.3 Å². The summed E-state index contributed by atoms with van der Waals surface area (Å²) in [6.07, 6.45) is 0. The van der Waals surface area contributed by atoms with E-state index in [0.717, 1.165) is 5.69 Å². The average molecular weight is 385 g/mol. The molecule has 29 heavy (non-hydrogen) atoms. The second-order valence-corrected chi connectivity index (χ2v) is 7.82. The van der Waals surface area contributed by atoms with Gasteiger partial charge in [-0.05, 0) is 54.3 Å². The molecule has 6 heteroatoms. The first-order valence-electron chi connectivity index (χ1n) is 9.29. The third-order valence-electron chi connectivity index (χ3n) is 4.34. The lowest BCUT2D eigenvalue weighted by molar-refractivity contribution is 0.102. The lowest BCUT2D eigenvalue weighted by atomic mass is 9.87. The highest BCUT2D eigenvalue weighted by Crippen LogP contribution is 2.24. The molecule has 1 amide bonds. The Bertz CT molecular complexity index is 1080.